The molecule has 0 aliphatic heterocycles. The third-order valence-electron chi connectivity index (χ3n) is 0.702. The lowest BCUT2D eigenvalue weighted by Gasteiger charge is -1.87. The lowest BCUT2D eigenvalue weighted by molar-refractivity contribution is -0.132. The van der Waals surface area contributed by atoms with Crippen LogP contribution in [0.2, 0.25) is 0 Å². The summed E-state index contributed by atoms with van der Waals surface area (Å²) >= 11 is 0. The number of nitrogens with one attached hydrogen (secondary N) is 1. The van der Waals surface area contributed by atoms with Crippen LogP contribution in [0.1, 0.15) is 6.92 Å². The molecule has 0 radical (unpaired) electrons. The SMILES string of the molecule is CC(=O)Oc1no[nH]c1=O. The summed E-state index contributed by atoms with van der Waals surface area (Å²) in [4.78, 5) is 20.7. The van der Waals surface area contributed by atoms with E-state index in [1.165, 1.54) is 0 Å². The fourth-order valence-electron chi connectivity index (χ4n) is 0.392. The van der Waals surface area contributed by atoms with Gasteiger partial charge in [-0.15, -0.1) is 0 Å². The fraction of sp³-hybridized carbons (Fsp3) is 0.250. The number of hydrogen-bond donors (Lipinski definition) is 1. The highest BCUT2D eigenvalue weighted by atomic mass is 16.6. The molecule has 0 aliphatic rings. The molecule has 0 saturated heterocycles. The molecule has 0 bridgehead atoms. The van der Waals surface area contributed by atoms with Crippen LogP contribution in [0.15, 0.2) is 9.42 Å². The minimum atomic E-state index is -0.657. The normalized spacial score (nSPS) is 9.30. The molecule has 0 aliphatic carbocycles. The van der Waals surface area contributed by atoms with Gasteiger partial charge in [-0.1, -0.05) is 0 Å². The number of esters is 1. The Kier molecular flexibility index (Phi) is 1.53. The molecule has 1 aromatic rings. The van der Waals surface area contributed by atoms with Crippen molar-refractivity contribution in [2.75, 3.05) is 0 Å². The highest BCUT2D eigenvalue weighted by Crippen LogP contribution is 1.92. The molecule has 1 rings (SSSR count). The van der Waals surface area contributed by atoms with Crippen molar-refractivity contribution < 1.29 is 14.2 Å². The Labute approximate surface area is 54.7 Å². The maximum Gasteiger partial charge on any atom is 0.345 e. The second-order valence-corrected chi connectivity index (χ2v) is 1.51. The summed E-state index contributed by atoms with van der Waals surface area (Å²) < 4.78 is 8.38. The lowest BCUT2D eigenvalue weighted by Crippen LogP contribution is -2.10. The van der Waals surface area contributed by atoms with Gasteiger partial charge in [0.05, 0.1) is 0 Å². The molecular formula is C4H4N2O4. The molecule has 10 heavy (non-hydrogen) atoms. The van der Waals surface area contributed by atoms with E-state index in [0.29, 0.717) is 0 Å². The molecule has 0 aromatic carbocycles. The summed E-state index contributed by atoms with van der Waals surface area (Å²) in [6.45, 7) is 1.16. The van der Waals surface area contributed by atoms with Crippen molar-refractivity contribution in [3.05, 3.63) is 10.4 Å². The Hall–Kier alpha value is -1.59. The molecule has 6 heteroatoms. The number of aromatic amines is 1. The van der Waals surface area contributed by atoms with E-state index in [-0.39, 0.29) is 5.88 Å². The Balaban J connectivity index is 2.85. The van der Waals surface area contributed by atoms with Crippen molar-refractivity contribution in [1.29, 1.82) is 0 Å². The third-order valence-corrected chi connectivity index (χ3v) is 0.702. The van der Waals surface area contributed by atoms with Gasteiger partial charge >= 0.3 is 17.4 Å². The number of hydrogen-bond acceptors (Lipinski definition) is 5. The lowest BCUT2D eigenvalue weighted by atomic mass is 10.7. The van der Waals surface area contributed by atoms with Crippen LogP contribution in [-0.4, -0.2) is 16.3 Å². The first-order valence-corrected chi connectivity index (χ1v) is 2.43. The number of nitrogens with zero attached hydrogens (tertiary/aromatic N) is 1. The minimum Gasteiger partial charge on any atom is -0.400 e. The first-order chi connectivity index (χ1) is 4.70. The molecular weight excluding hydrogens is 140 g/mol. The summed E-state index contributed by atoms with van der Waals surface area (Å²) in [6, 6.07) is 0. The predicted molar refractivity (Wildman–Crippen MR) is 28.4 cm³/mol. The van der Waals surface area contributed by atoms with Gasteiger partial charge < -0.3 is 4.74 Å². The maximum absolute atomic E-state index is 10.5. The molecule has 0 fully saturated rings. The van der Waals surface area contributed by atoms with Crippen LogP contribution in [0.4, 0.5) is 0 Å². The van der Waals surface area contributed by atoms with Gasteiger partial charge in [0.25, 0.3) is 0 Å². The Morgan fingerprint density at radius 3 is 2.90 bits per heavy atom. The van der Waals surface area contributed by atoms with Gasteiger partial charge in [0.15, 0.2) is 0 Å². The van der Waals surface area contributed by atoms with Gasteiger partial charge in [-0.3, -0.25) is 14.2 Å². The van der Waals surface area contributed by atoms with E-state index in [9.17, 15) is 9.59 Å². The summed E-state index contributed by atoms with van der Waals surface area (Å²) in [5.74, 6) is -0.980. The molecule has 0 amide bonds. The molecule has 54 valence electrons. The Morgan fingerprint density at radius 1 is 1.80 bits per heavy atom. The highest BCUT2D eigenvalue weighted by molar-refractivity contribution is 5.68. The van der Waals surface area contributed by atoms with Gasteiger partial charge in [-0.2, -0.15) is 5.16 Å². The van der Waals surface area contributed by atoms with Gasteiger partial charge in [0, 0.05) is 6.92 Å². The van der Waals surface area contributed by atoms with Crippen molar-refractivity contribution in [3.63, 3.8) is 0 Å². The predicted octanol–water partition coefficient (Wildman–Crippen LogP) is -0.712. The van der Waals surface area contributed by atoms with E-state index in [1.807, 2.05) is 5.16 Å². The van der Waals surface area contributed by atoms with Crippen LogP contribution in [0.25, 0.3) is 0 Å². The van der Waals surface area contributed by atoms with Gasteiger partial charge in [-0.05, 0) is 5.16 Å². The van der Waals surface area contributed by atoms with Crippen LogP contribution in [0.3, 0.4) is 0 Å². The summed E-state index contributed by atoms with van der Waals surface area (Å²) in [5.41, 5.74) is -0.657. The van der Waals surface area contributed by atoms with Crippen molar-refractivity contribution in [1.82, 2.24) is 10.3 Å². The first kappa shape index (κ1) is 6.53. The van der Waals surface area contributed by atoms with E-state index < -0.39 is 11.5 Å². The van der Waals surface area contributed by atoms with Crippen LogP contribution in [-0.2, 0) is 4.79 Å². The molecule has 0 saturated carbocycles. The zero-order valence-corrected chi connectivity index (χ0v) is 5.08. The number of carbonyl (C=O) groups excluding carboxylic acids is 1. The largest absolute Gasteiger partial charge is 0.400 e. The second kappa shape index (κ2) is 2.34. The first-order valence-electron chi connectivity index (χ1n) is 2.43. The number of H-pyrrole nitrogens is 1. The van der Waals surface area contributed by atoms with Crippen molar-refractivity contribution in [2.45, 2.75) is 6.92 Å². The molecule has 0 unspecified atom stereocenters. The van der Waals surface area contributed by atoms with Gasteiger partial charge in [-0.25, -0.2) is 0 Å². The van der Waals surface area contributed by atoms with Crippen LogP contribution < -0.4 is 10.3 Å². The average Bonchev–Trinajstić information content (AvgIpc) is 2.15. The maximum atomic E-state index is 10.5. The number of aromatic nitrogens is 2. The number of ether oxygens (including phenoxy) is 1. The van der Waals surface area contributed by atoms with Crippen molar-refractivity contribution >= 4 is 5.97 Å². The smallest absolute Gasteiger partial charge is 0.345 e. The summed E-state index contributed by atoms with van der Waals surface area (Å²) in [6.07, 6.45) is 0. The van der Waals surface area contributed by atoms with Crippen LogP contribution in [0.5, 0.6) is 5.88 Å². The zero-order valence-electron chi connectivity index (χ0n) is 5.08. The Bertz CT molecular complexity index is 285. The monoisotopic (exact) mass is 144 g/mol. The van der Waals surface area contributed by atoms with E-state index in [0.717, 1.165) is 6.92 Å². The van der Waals surface area contributed by atoms with Crippen LogP contribution in [0, 0.1) is 0 Å². The number of rotatable bonds is 1. The van der Waals surface area contributed by atoms with E-state index in [4.69, 9.17) is 0 Å². The second-order valence-electron chi connectivity index (χ2n) is 1.51. The van der Waals surface area contributed by atoms with E-state index >= 15 is 0 Å². The van der Waals surface area contributed by atoms with E-state index in [1.54, 1.807) is 0 Å². The Morgan fingerprint density at radius 2 is 2.50 bits per heavy atom. The van der Waals surface area contributed by atoms with Crippen molar-refractivity contribution in [2.24, 2.45) is 0 Å². The quantitative estimate of drug-likeness (QED) is 0.526. The summed E-state index contributed by atoms with van der Waals surface area (Å²) in [7, 11) is 0. The van der Waals surface area contributed by atoms with Crippen molar-refractivity contribution in [3.8, 4) is 5.88 Å². The van der Waals surface area contributed by atoms with E-state index in [2.05, 4.69) is 14.5 Å². The summed E-state index contributed by atoms with van der Waals surface area (Å²) in [5, 5.41) is 4.92. The standard InChI is InChI=1S/C4H4N2O4/c1-2(7)9-4-3(8)5-10-6-4/h1H3,(H,5,8). The minimum absolute atomic E-state index is 0.368. The third kappa shape index (κ3) is 1.22. The van der Waals surface area contributed by atoms with Crippen LogP contribution >= 0.6 is 0 Å². The zero-order chi connectivity index (χ0) is 7.56. The molecule has 1 aromatic heterocycles. The highest BCUT2D eigenvalue weighted by Gasteiger charge is 2.06. The molecule has 0 spiro atoms. The molecule has 6 nitrogen and oxygen atoms in total. The topological polar surface area (TPSA) is 85.2 Å². The molecule has 1 heterocycles. The average molecular weight is 144 g/mol. The molecule has 1 N–H and O–H groups in total. The van der Waals surface area contributed by atoms with Gasteiger partial charge in [0.2, 0.25) is 0 Å². The number of carbonyl (C=O) groups is 1. The van der Waals surface area contributed by atoms with Gasteiger partial charge in [0.1, 0.15) is 0 Å². The fourth-order valence-corrected chi connectivity index (χ4v) is 0.392. The molecule has 0 atom stereocenters.